The Morgan fingerprint density at radius 2 is 1.38 bits per heavy atom. The third kappa shape index (κ3) is 7.59. The molecule has 0 saturated heterocycles. The number of halogens is 6. The second kappa shape index (κ2) is 16.5. The molecule has 9 rings (SSSR count). The Labute approximate surface area is 356 Å². The summed E-state index contributed by atoms with van der Waals surface area (Å²) in [6.45, 7) is 6.48. The fourth-order valence-corrected chi connectivity index (χ4v) is 8.02. The second-order valence-corrected chi connectivity index (χ2v) is 14.1. The van der Waals surface area contributed by atoms with Crippen LogP contribution in [-0.4, -0.2) is 19.9 Å². The Morgan fingerprint density at radius 1 is 0.700 bits per heavy atom. The zero-order valence-electron chi connectivity index (χ0n) is 32.1. The zero-order chi connectivity index (χ0) is 41.5. The van der Waals surface area contributed by atoms with Crippen molar-refractivity contribution in [3.63, 3.8) is 0 Å². The van der Waals surface area contributed by atoms with Gasteiger partial charge in [-0.25, -0.2) is 0 Å². The van der Waals surface area contributed by atoms with Gasteiger partial charge >= 0.3 is 32.5 Å². The van der Waals surface area contributed by atoms with Gasteiger partial charge in [0.1, 0.15) is 0 Å². The van der Waals surface area contributed by atoms with Gasteiger partial charge in [-0.3, -0.25) is 9.97 Å². The number of alkyl halides is 6. The molecule has 0 radical (unpaired) electrons. The maximum absolute atomic E-state index is 12.8. The van der Waals surface area contributed by atoms with E-state index < -0.39 is 34.7 Å². The Bertz CT molecular complexity index is 2620. The standard InChI is InChI=1S/C35H28N4.C12H5F6N2.Ir/c1-23-21-24(2)33(25(3)22-23)39-20-19-37-34(39)30-15-10-17-32(38-30)35(31-16-8-9-18-36-31)28-13-6-4-11-26(28)27-12-5-7-14-29(27)35;13-11(14,15)9-5-4-7(8-3-1-2-6-19-8)10(20-9)12(16,17)18;/h4-13,15-22,34H,1-3H3;1-3,5-6H;/q-2;-1;+3/t34?,35-;;/m0../s1. The van der Waals surface area contributed by atoms with Crippen molar-refractivity contribution in [2.24, 2.45) is 0 Å². The van der Waals surface area contributed by atoms with Gasteiger partial charge in [0, 0.05) is 29.9 Å². The first kappa shape index (κ1) is 42.0. The number of rotatable bonds is 5. The minimum Gasteiger partial charge on any atom is -0.665 e. The molecule has 3 aromatic carbocycles. The Kier molecular flexibility index (Phi) is 11.5. The van der Waals surface area contributed by atoms with Crippen LogP contribution in [0.25, 0.3) is 27.7 Å². The number of aryl methyl sites for hydroxylation is 3. The molecule has 0 amide bonds. The summed E-state index contributed by atoms with van der Waals surface area (Å²) in [4.78, 5) is 18.9. The minimum atomic E-state index is -5.04. The van der Waals surface area contributed by atoms with Gasteiger partial charge in [0.15, 0.2) is 0 Å². The fourth-order valence-electron chi connectivity index (χ4n) is 8.02. The van der Waals surface area contributed by atoms with Crippen LogP contribution in [0.15, 0.2) is 140 Å². The van der Waals surface area contributed by atoms with E-state index in [1.165, 1.54) is 63.5 Å². The molecule has 13 heteroatoms. The van der Waals surface area contributed by atoms with Crippen LogP contribution in [-0.2, 0) is 37.9 Å². The van der Waals surface area contributed by atoms with Gasteiger partial charge < -0.3 is 20.2 Å². The molecule has 4 aromatic heterocycles. The molecular formula is C47H33F6IrN6. The monoisotopic (exact) mass is 988 g/mol. The van der Waals surface area contributed by atoms with E-state index in [4.69, 9.17) is 15.3 Å². The van der Waals surface area contributed by atoms with Crippen LogP contribution in [0, 0.1) is 32.9 Å². The van der Waals surface area contributed by atoms with Crippen molar-refractivity contribution in [1.82, 2.24) is 19.9 Å². The first-order chi connectivity index (χ1) is 28.3. The molecule has 0 spiro atoms. The second-order valence-electron chi connectivity index (χ2n) is 14.1. The predicted octanol–water partition coefficient (Wildman–Crippen LogP) is 11.9. The molecule has 0 N–H and O–H groups in total. The van der Waals surface area contributed by atoms with Crippen LogP contribution in [0.2, 0.25) is 0 Å². The van der Waals surface area contributed by atoms with Crippen molar-refractivity contribution in [2.75, 3.05) is 4.90 Å². The molecule has 1 aliphatic heterocycles. The topological polar surface area (TPSA) is 68.9 Å². The quantitative estimate of drug-likeness (QED) is 0.127. The smallest absolute Gasteiger partial charge is 0.665 e. The van der Waals surface area contributed by atoms with Gasteiger partial charge in [0.25, 0.3) is 0 Å². The third-order valence-electron chi connectivity index (χ3n) is 10.2. The molecule has 302 valence electrons. The number of benzene rings is 3. The van der Waals surface area contributed by atoms with Gasteiger partial charge in [-0.2, -0.15) is 56.8 Å². The predicted molar refractivity (Wildman–Crippen MR) is 213 cm³/mol. The molecule has 1 aliphatic carbocycles. The first-order valence-corrected chi connectivity index (χ1v) is 18.5. The average molecular weight is 988 g/mol. The van der Waals surface area contributed by atoms with Crippen molar-refractivity contribution in [3.8, 4) is 22.4 Å². The van der Waals surface area contributed by atoms with E-state index in [2.05, 4.69) is 127 Å². The normalized spacial score (nSPS) is 16.6. The van der Waals surface area contributed by atoms with E-state index in [-0.39, 0.29) is 32.0 Å². The van der Waals surface area contributed by atoms with Gasteiger partial charge in [-0.15, -0.1) is 23.3 Å². The number of aromatic nitrogens is 4. The Morgan fingerprint density at radius 3 is 2.07 bits per heavy atom. The molecule has 0 fully saturated rings. The molecule has 6 nitrogen and oxygen atoms in total. The Hall–Kier alpha value is -6.17. The number of pyridine rings is 4. The number of hydrogen-bond acceptors (Lipinski definition) is 5. The number of anilines is 1. The molecule has 0 saturated carbocycles. The maximum Gasteiger partial charge on any atom is 3.00 e. The molecule has 60 heavy (non-hydrogen) atoms. The SMILES string of the molecule is Cc1cc(C)c(N2C=C[N-]C2c2cccc([C@]3(c4ccccn4)c4[c-]cccc4-c4ccccc43)n2)c(C)c1.FC(F)(F)c1c[c-]c(-c2ccccn2)c(C(F)(F)F)n1.[Ir+3]. The van der Waals surface area contributed by atoms with E-state index in [0.717, 1.165) is 22.6 Å². The third-order valence-corrected chi connectivity index (χ3v) is 10.2. The van der Waals surface area contributed by atoms with Crippen LogP contribution in [0.1, 0.15) is 62.5 Å². The summed E-state index contributed by atoms with van der Waals surface area (Å²) in [5.74, 6) is 0. The first-order valence-electron chi connectivity index (χ1n) is 18.5. The van der Waals surface area contributed by atoms with Crippen molar-refractivity contribution in [1.29, 1.82) is 0 Å². The maximum atomic E-state index is 12.8. The molecule has 2 atom stereocenters. The number of fused-ring (bicyclic) bond motifs is 3. The number of hydrogen-bond donors (Lipinski definition) is 0. The summed E-state index contributed by atoms with van der Waals surface area (Å²) >= 11 is 0. The van der Waals surface area contributed by atoms with E-state index in [0.29, 0.717) is 6.07 Å². The van der Waals surface area contributed by atoms with Gasteiger partial charge in [-0.1, -0.05) is 77.4 Å². The zero-order valence-corrected chi connectivity index (χ0v) is 34.5. The summed E-state index contributed by atoms with van der Waals surface area (Å²) in [5.41, 5.74) is 7.52. The van der Waals surface area contributed by atoms with E-state index in [1.54, 1.807) is 0 Å². The van der Waals surface area contributed by atoms with Crippen LogP contribution >= 0.6 is 0 Å². The largest absolute Gasteiger partial charge is 3.00 e. The molecule has 0 bridgehead atoms. The van der Waals surface area contributed by atoms with E-state index in [9.17, 15) is 26.3 Å². The van der Waals surface area contributed by atoms with Crippen LogP contribution in [0.5, 0.6) is 0 Å². The Balaban J connectivity index is 0.000000220. The molecule has 1 unspecified atom stereocenters. The summed E-state index contributed by atoms with van der Waals surface area (Å²) < 4.78 is 75.7. The van der Waals surface area contributed by atoms with E-state index >= 15 is 0 Å². The van der Waals surface area contributed by atoms with Gasteiger partial charge in [0.2, 0.25) is 0 Å². The summed E-state index contributed by atoms with van der Waals surface area (Å²) in [6.07, 6.45) is -3.22. The fraction of sp³-hybridized carbons (Fsp3) is 0.149. The van der Waals surface area contributed by atoms with Gasteiger partial charge in [0.05, 0.1) is 28.2 Å². The molecule has 2 aliphatic rings. The summed E-state index contributed by atoms with van der Waals surface area (Å²) in [6, 6.07) is 41.8. The van der Waals surface area contributed by atoms with Crippen molar-refractivity contribution < 1.29 is 46.4 Å². The van der Waals surface area contributed by atoms with Crippen molar-refractivity contribution >= 4 is 5.69 Å². The summed E-state index contributed by atoms with van der Waals surface area (Å²) in [5, 5.41) is 4.88. The average Bonchev–Trinajstić information content (AvgIpc) is 3.82. The number of nitrogens with zero attached hydrogens (tertiary/aromatic N) is 6. The van der Waals surface area contributed by atoms with Crippen LogP contribution in [0.3, 0.4) is 0 Å². The molecular weight excluding hydrogens is 955 g/mol. The molecule has 7 aromatic rings. The van der Waals surface area contributed by atoms with Crippen LogP contribution in [0.4, 0.5) is 32.0 Å². The van der Waals surface area contributed by atoms with Crippen LogP contribution < -0.4 is 4.90 Å². The van der Waals surface area contributed by atoms with Gasteiger partial charge in [-0.05, 0) is 79.7 Å². The van der Waals surface area contributed by atoms with Crippen molar-refractivity contribution in [2.45, 2.75) is 44.7 Å². The van der Waals surface area contributed by atoms with Crippen molar-refractivity contribution in [3.05, 3.63) is 214 Å². The van der Waals surface area contributed by atoms with E-state index in [1.807, 2.05) is 30.6 Å². The molecule has 5 heterocycles. The minimum absolute atomic E-state index is 0. The summed E-state index contributed by atoms with van der Waals surface area (Å²) in [7, 11) is 0.